The van der Waals surface area contributed by atoms with Gasteiger partial charge >= 0.3 is 0 Å². The third-order valence-corrected chi connectivity index (χ3v) is 4.17. The van der Waals surface area contributed by atoms with Gasteiger partial charge < -0.3 is 5.32 Å². The predicted octanol–water partition coefficient (Wildman–Crippen LogP) is 4.35. The van der Waals surface area contributed by atoms with E-state index in [4.69, 9.17) is 0 Å². The molecule has 18 heavy (non-hydrogen) atoms. The van der Waals surface area contributed by atoms with E-state index >= 15 is 0 Å². The molecule has 0 aliphatic heterocycles. The third-order valence-electron chi connectivity index (χ3n) is 4.17. The van der Waals surface area contributed by atoms with E-state index in [1.807, 2.05) is 0 Å². The summed E-state index contributed by atoms with van der Waals surface area (Å²) >= 11 is 0. The first kappa shape index (κ1) is 13.6. The Hall–Kier alpha value is -0.820. The van der Waals surface area contributed by atoms with Gasteiger partial charge in [0.2, 0.25) is 0 Å². The molecule has 1 N–H and O–H groups in total. The number of rotatable bonds is 8. The molecule has 2 rings (SSSR count). The molecule has 1 nitrogen and oxygen atoms in total. The Bertz CT molecular complexity index is 327. The van der Waals surface area contributed by atoms with Gasteiger partial charge in [-0.25, -0.2) is 0 Å². The summed E-state index contributed by atoms with van der Waals surface area (Å²) in [4.78, 5) is 0. The lowest BCUT2D eigenvalue weighted by atomic mass is 10.0. The molecule has 1 saturated carbocycles. The molecular weight excluding hydrogens is 218 g/mol. The van der Waals surface area contributed by atoms with Crippen LogP contribution in [0.5, 0.6) is 0 Å². The highest BCUT2D eigenvalue weighted by molar-refractivity contribution is 5.25. The first-order valence-electron chi connectivity index (χ1n) is 7.63. The van der Waals surface area contributed by atoms with Crippen LogP contribution in [-0.4, -0.2) is 12.6 Å². The second-order valence-corrected chi connectivity index (χ2v) is 5.63. The van der Waals surface area contributed by atoms with Gasteiger partial charge in [0.1, 0.15) is 0 Å². The van der Waals surface area contributed by atoms with Crippen LogP contribution in [0.25, 0.3) is 0 Å². The van der Waals surface area contributed by atoms with Crippen LogP contribution in [0, 0.1) is 5.92 Å². The van der Waals surface area contributed by atoms with Crippen molar-refractivity contribution in [2.45, 2.75) is 57.9 Å². The van der Waals surface area contributed by atoms with Crippen LogP contribution >= 0.6 is 0 Å². The summed E-state index contributed by atoms with van der Waals surface area (Å²) in [6.07, 6.45) is 6.79. The highest BCUT2D eigenvalue weighted by atomic mass is 14.9. The van der Waals surface area contributed by atoms with Gasteiger partial charge in [-0.1, -0.05) is 50.6 Å². The molecule has 0 bridgehead atoms. The van der Waals surface area contributed by atoms with E-state index in [2.05, 4.69) is 49.5 Å². The van der Waals surface area contributed by atoms with Gasteiger partial charge in [0.15, 0.2) is 0 Å². The molecule has 1 fully saturated rings. The first-order chi connectivity index (χ1) is 8.85. The van der Waals surface area contributed by atoms with Gasteiger partial charge in [-0.2, -0.15) is 0 Å². The van der Waals surface area contributed by atoms with Crippen molar-refractivity contribution in [2.24, 2.45) is 5.92 Å². The Morgan fingerprint density at radius 3 is 2.61 bits per heavy atom. The maximum absolute atomic E-state index is 3.62. The topological polar surface area (TPSA) is 12.0 Å². The summed E-state index contributed by atoms with van der Waals surface area (Å²) in [5.74, 6) is 1.81. The highest BCUT2D eigenvalue weighted by Gasteiger charge is 2.37. The summed E-state index contributed by atoms with van der Waals surface area (Å²) in [6, 6.07) is 11.8. The quantitative estimate of drug-likeness (QED) is 0.718. The summed E-state index contributed by atoms with van der Waals surface area (Å²) in [5, 5.41) is 3.62. The molecule has 0 spiro atoms. The number of hydrogen-bond acceptors (Lipinski definition) is 1. The zero-order valence-electron chi connectivity index (χ0n) is 11.9. The fraction of sp³-hybridized carbons (Fsp3) is 0.647. The standard InChI is InChI=1S/C17H27N/c1-3-8-16(18-4-2)12-11-15-13-17(15)14-9-6-5-7-10-14/h5-7,9-10,15-18H,3-4,8,11-13H2,1-2H3. The van der Waals surface area contributed by atoms with Crippen molar-refractivity contribution in [2.75, 3.05) is 6.54 Å². The van der Waals surface area contributed by atoms with Crippen molar-refractivity contribution in [3.63, 3.8) is 0 Å². The number of benzene rings is 1. The minimum atomic E-state index is 0.747. The fourth-order valence-electron chi connectivity index (χ4n) is 3.08. The number of hydrogen-bond donors (Lipinski definition) is 1. The van der Waals surface area contributed by atoms with E-state index in [0.717, 1.165) is 24.4 Å². The van der Waals surface area contributed by atoms with Crippen LogP contribution in [0.3, 0.4) is 0 Å². The average molecular weight is 245 g/mol. The molecule has 1 heteroatoms. The van der Waals surface area contributed by atoms with E-state index in [1.165, 1.54) is 32.1 Å². The zero-order chi connectivity index (χ0) is 12.8. The molecule has 1 aliphatic rings. The molecule has 0 saturated heterocycles. The molecule has 1 aromatic carbocycles. The monoisotopic (exact) mass is 245 g/mol. The normalized spacial score (nSPS) is 23.9. The largest absolute Gasteiger partial charge is 0.314 e. The van der Waals surface area contributed by atoms with Crippen molar-refractivity contribution in [1.82, 2.24) is 5.32 Å². The lowest BCUT2D eigenvalue weighted by molar-refractivity contribution is 0.434. The van der Waals surface area contributed by atoms with Crippen LogP contribution in [0.4, 0.5) is 0 Å². The van der Waals surface area contributed by atoms with E-state index in [-0.39, 0.29) is 0 Å². The van der Waals surface area contributed by atoms with E-state index < -0.39 is 0 Å². The van der Waals surface area contributed by atoms with Crippen LogP contribution in [-0.2, 0) is 0 Å². The van der Waals surface area contributed by atoms with Crippen LogP contribution < -0.4 is 5.32 Å². The van der Waals surface area contributed by atoms with E-state index in [1.54, 1.807) is 5.56 Å². The minimum Gasteiger partial charge on any atom is -0.314 e. The maximum Gasteiger partial charge on any atom is 0.00669 e. The van der Waals surface area contributed by atoms with E-state index in [9.17, 15) is 0 Å². The minimum absolute atomic E-state index is 0.747. The summed E-state index contributed by atoms with van der Waals surface area (Å²) in [7, 11) is 0. The second-order valence-electron chi connectivity index (χ2n) is 5.63. The fourth-order valence-corrected chi connectivity index (χ4v) is 3.08. The average Bonchev–Trinajstić information content (AvgIpc) is 3.17. The van der Waals surface area contributed by atoms with Crippen molar-refractivity contribution in [1.29, 1.82) is 0 Å². The zero-order valence-corrected chi connectivity index (χ0v) is 11.9. The SMILES string of the molecule is CCCC(CCC1CC1c1ccccc1)NCC. The molecule has 3 unspecified atom stereocenters. The Labute approximate surface area is 112 Å². The Kier molecular flexibility index (Phi) is 5.25. The number of nitrogens with one attached hydrogen (secondary N) is 1. The van der Waals surface area contributed by atoms with Crippen LogP contribution in [0.2, 0.25) is 0 Å². The smallest absolute Gasteiger partial charge is 0.00669 e. The van der Waals surface area contributed by atoms with Gasteiger partial charge in [0, 0.05) is 6.04 Å². The predicted molar refractivity (Wildman–Crippen MR) is 78.9 cm³/mol. The van der Waals surface area contributed by atoms with Crippen molar-refractivity contribution >= 4 is 0 Å². The van der Waals surface area contributed by atoms with Crippen LogP contribution in [0.15, 0.2) is 30.3 Å². The lowest BCUT2D eigenvalue weighted by Crippen LogP contribution is -2.28. The van der Waals surface area contributed by atoms with E-state index in [0.29, 0.717) is 0 Å². The molecule has 0 aromatic heterocycles. The summed E-state index contributed by atoms with van der Waals surface area (Å²) in [5.41, 5.74) is 1.55. The van der Waals surface area contributed by atoms with Gasteiger partial charge in [0.05, 0.1) is 0 Å². The first-order valence-corrected chi connectivity index (χ1v) is 7.63. The van der Waals surface area contributed by atoms with Crippen molar-refractivity contribution in [3.05, 3.63) is 35.9 Å². The van der Waals surface area contributed by atoms with Gasteiger partial charge in [0.25, 0.3) is 0 Å². The molecule has 1 aliphatic carbocycles. The third kappa shape index (κ3) is 3.84. The summed E-state index contributed by atoms with van der Waals surface area (Å²) < 4.78 is 0. The molecule has 3 atom stereocenters. The molecule has 1 aromatic rings. The second kappa shape index (κ2) is 6.94. The molecular formula is C17H27N. The highest BCUT2D eigenvalue weighted by Crippen LogP contribution is 2.50. The van der Waals surface area contributed by atoms with Gasteiger partial charge in [-0.05, 0) is 49.6 Å². The molecule has 0 heterocycles. The Morgan fingerprint density at radius 1 is 1.17 bits per heavy atom. The molecule has 0 radical (unpaired) electrons. The van der Waals surface area contributed by atoms with Crippen LogP contribution in [0.1, 0.15) is 57.4 Å². The lowest BCUT2D eigenvalue weighted by Gasteiger charge is -2.16. The summed E-state index contributed by atoms with van der Waals surface area (Å²) in [6.45, 7) is 5.61. The maximum atomic E-state index is 3.62. The Balaban J connectivity index is 1.72. The molecule has 0 amide bonds. The molecule has 100 valence electrons. The van der Waals surface area contributed by atoms with Crippen molar-refractivity contribution < 1.29 is 0 Å². The van der Waals surface area contributed by atoms with Crippen molar-refractivity contribution in [3.8, 4) is 0 Å². The Morgan fingerprint density at radius 2 is 1.94 bits per heavy atom. The van der Waals surface area contributed by atoms with Gasteiger partial charge in [-0.3, -0.25) is 0 Å². The van der Waals surface area contributed by atoms with Gasteiger partial charge in [-0.15, -0.1) is 0 Å².